The van der Waals surface area contributed by atoms with E-state index >= 15 is 0 Å². The van der Waals surface area contributed by atoms with Gasteiger partial charge in [0.05, 0.1) is 6.10 Å². The van der Waals surface area contributed by atoms with E-state index in [4.69, 9.17) is 4.74 Å². The van der Waals surface area contributed by atoms with Crippen molar-refractivity contribution in [2.45, 2.75) is 59.0 Å². The second-order valence-corrected chi connectivity index (χ2v) is 3.73. The van der Waals surface area contributed by atoms with Crippen molar-refractivity contribution in [1.29, 1.82) is 0 Å². The van der Waals surface area contributed by atoms with Crippen LogP contribution in [0.3, 0.4) is 0 Å². The van der Waals surface area contributed by atoms with Crippen molar-refractivity contribution in [3.8, 4) is 0 Å². The van der Waals surface area contributed by atoms with Crippen LogP contribution in [0, 0.1) is 12.8 Å². The second-order valence-electron chi connectivity index (χ2n) is 3.73. The van der Waals surface area contributed by atoms with E-state index in [9.17, 15) is 0 Å². The van der Waals surface area contributed by atoms with E-state index in [1.54, 1.807) is 0 Å². The van der Waals surface area contributed by atoms with Gasteiger partial charge in [0.2, 0.25) is 0 Å². The van der Waals surface area contributed by atoms with Crippen molar-refractivity contribution in [1.82, 2.24) is 0 Å². The van der Waals surface area contributed by atoms with Crippen LogP contribution in [0.1, 0.15) is 52.9 Å². The van der Waals surface area contributed by atoms with Crippen LogP contribution >= 0.6 is 0 Å². The number of rotatable bonds is 8. The molecule has 0 bridgehead atoms. The molecule has 13 heavy (non-hydrogen) atoms. The van der Waals surface area contributed by atoms with E-state index in [-0.39, 0.29) is 6.10 Å². The molecule has 0 spiro atoms. The van der Waals surface area contributed by atoms with Gasteiger partial charge in [0.15, 0.2) is 0 Å². The minimum Gasteiger partial charge on any atom is -0.378 e. The Morgan fingerprint density at radius 3 is 2.38 bits per heavy atom. The molecule has 0 fully saturated rings. The van der Waals surface area contributed by atoms with Crippen molar-refractivity contribution >= 4 is 0 Å². The summed E-state index contributed by atoms with van der Waals surface area (Å²) in [4.78, 5) is 0. The summed E-state index contributed by atoms with van der Waals surface area (Å²) in [5, 5.41) is 0. The van der Waals surface area contributed by atoms with Crippen LogP contribution in [-0.4, -0.2) is 12.7 Å². The zero-order chi connectivity index (χ0) is 10.1. The van der Waals surface area contributed by atoms with E-state index in [0.29, 0.717) is 0 Å². The summed E-state index contributed by atoms with van der Waals surface area (Å²) < 4.78 is 5.44. The van der Waals surface area contributed by atoms with Gasteiger partial charge in [0.25, 0.3) is 0 Å². The average Bonchev–Trinajstić information content (AvgIpc) is 2.12. The molecule has 0 aliphatic carbocycles. The Labute approximate surface area is 83.9 Å². The molecule has 0 rings (SSSR count). The number of hydrogen-bond acceptors (Lipinski definition) is 1. The van der Waals surface area contributed by atoms with Gasteiger partial charge in [-0.3, -0.25) is 0 Å². The van der Waals surface area contributed by atoms with Crippen molar-refractivity contribution in [2.24, 2.45) is 5.92 Å². The monoisotopic (exact) mass is 185 g/mol. The Morgan fingerprint density at radius 1 is 1.23 bits per heavy atom. The highest BCUT2D eigenvalue weighted by atomic mass is 16.5. The first-order valence-corrected chi connectivity index (χ1v) is 5.69. The molecule has 0 N–H and O–H groups in total. The van der Waals surface area contributed by atoms with Crippen LogP contribution in [0.15, 0.2) is 0 Å². The highest BCUT2D eigenvalue weighted by molar-refractivity contribution is 4.67. The lowest BCUT2D eigenvalue weighted by molar-refractivity contribution is 0.0736. The van der Waals surface area contributed by atoms with Crippen LogP contribution in [0.25, 0.3) is 0 Å². The molecule has 0 aliphatic heterocycles. The molecular weight excluding hydrogens is 160 g/mol. The maximum Gasteiger partial charge on any atom is 0.0578 e. The Balaban J connectivity index is 3.56. The van der Waals surface area contributed by atoms with Gasteiger partial charge >= 0.3 is 0 Å². The van der Waals surface area contributed by atoms with E-state index in [1.807, 2.05) is 6.92 Å². The van der Waals surface area contributed by atoms with Crippen LogP contribution < -0.4 is 0 Å². The third-order valence-electron chi connectivity index (χ3n) is 2.54. The van der Waals surface area contributed by atoms with Crippen LogP contribution in [0.4, 0.5) is 0 Å². The first-order valence-electron chi connectivity index (χ1n) is 5.69. The van der Waals surface area contributed by atoms with E-state index < -0.39 is 0 Å². The van der Waals surface area contributed by atoms with Gasteiger partial charge in [-0.1, -0.05) is 39.5 Å². The second kappa shape index (κ2) is 8.55. The van der Waals surface area contributed by atoms with E-state index in [0.717, 1.165) is 18.9 Å². The smallest absolute Gasteiger partial charge is 0.0578 e. The fourth-order valence-electron chi connectivity index (χ4n) is 1.66. The molecule has 0 aromatic carbocycles. The van der Waals surface area contributed by atoms with Crippen LogP contribution in [0.2, 0.25) is 0 Å². The van der Waals surface area contributed by atoms with Gasteiger partial charge in [-0.2, -0.15) is 0 Å². The predicted octanol–water partition coefficient (Wildman–Crippen LogP) is 3.83. The summed E-state index contributed by atoms with van der Waals surface area (Å²) in [5.74, 6) is 0.814. The molecule has 79 valence electrons. The molecule has 0 aromatic rings. The molecular formula is C12H25O. The van der Waals surface area contributed by atoms with Crippen molar-refractivity contribution in [3.05, 3.63) is 6.92 Å². The SMILES string of the molecule is [CH2]C(CC(CC)CCCC)OCC. The summed E-state index contributed by atoms with van der Waals surface area (Å²) in [6.07, 6.45) is 6.58. The average molecular weight is 185 g/mol. The Morgan fingerprint density at radius 2 is 1.92 bits per heavy atom. The first-order chi connectivity index (χ1) is 6.24. The minimum atomic E-state index is 0.201. The van der Waals surface area contributed by atoms with Crippen molar-refractivity contribution in [3.63, 3.8) is 0 Å². The predicted molar refractivity (Wildman–Crippen MR) is 58.7 cm³/mol. The lowest BCUT2D eigenvalue weighted by Crippen LogP contribution is -2.14. The zero-order valence-corrected chi connectivity index (χ0v) is 9.51. The lowest BCUT2D eigenvalue weighted by atomic mass is 9.93. The van der Waals surface area contributed by atoms with E-state index in [1.165, 1.54) is 25.7 Å². The van der Waals surface area contributed by atoms with Gasteiger partial charge in [-0.05, 0) is 26.2 Å². The molecule has 0 aromatic heterocycles. The molecule has 2 unspecified atom stereocenters. The molecule has 0 saturated carbocycles. The molecule has 1 heteroatoms. The van der Waals surface area contributed by atoms with E-state index in [2.05, 4.69) is 20.8 Å². The first kappa shape index (κ1) is 13.0. The van der Waals surface area contributed by atoms with Crippen LogP contribution in [0.5, 0.6) is 0 Å². The molecule has 1 nitrogen and oxygen atoms in total. The fourth-order valence-corrected chi connectivity index (χ4v) is 1.66. The Kier molecular flexibility index (Phi) is 8.53. The lowest BCUT2D eigenvalue weighted by Gasteiger charge is -2.19. The van der Waals surface area contributed by atoms with Gasteiger partial charge < -0.3 is 4.74 Å². The normalized spacial score (nSPS) is 15.7. The molecule has 0 heterocycles. The summed E-state index contributed by atoms with van der Waals surface area (Å²) in [7, 11) is 0. The number of ether oxygens (including phenoxy) is 1. The summed E-state index contributed by atoms with van der Waals surface area (Å²) in [6.45, 7) is 11.3. The standard InChI is InChI=1S/C12H25O/c1-5-8-9-12(6-2)10-11(4)13-7-3/h11-12H,4-10H2,1-3H3. The summed E-state index contributed by atoms with van der Waals surface area (Å²) in [6, 6.07) is 0. The van der Waals surface area contributed by atoms with Gasteiger partial charge in [0, 0.05) is 6.61 Å². The molecule has 2 atom stereocenters. The van der Waals surface area contributed by atoms with Crippen LogP contribution in [-0.2, 0) is 4.74 Å². The van der Waals surface area contributed by atoms with Gasteiger partial charge in [-0.15, -0.1) is 0 Å². The molecule has 0 saturated heterocycles. The summed E-state index contributed by atoms with van der Waals surface area (Å²) >= 11 is 0. The number of hydrogen-bond donors (Lipinski definition) is 0. The minimum absolute atomic E-state index is 0.201. The van der Waals surface area contributed by atoms with Gasteiger partial charge in [0.1, 0.15) is 0 Å². The maximum absolute atomic E-state index is 5.44. The highest BCUT2D eigenvalue weighted by Crippen LogP contribution is 2.19. The molecule has 1 radical (unpaired) electrons. The third kappa shape index (κ3) is 7.06. The van der Waals surface area contributed by atoms with Gasteiger partial charge in [-0.25, -0.2) is 0 Å². The fraction of sp³-hybridized carbons (Fsp3) is 0.917. The zero-order valence-electron chi connectivity index (χ0n) is 9.51. The van der Waals surface area contributed by atoms with Crippen molar-refractivity contribution in [2.75, 3.05) is 6.61 Å². The third-order valence-corrected chi connectivity index (χ3v) is 2.54. The number of unbranched alkanes of at least 4 members (excludes halogenated alkanes) is 1. The van der Waals surface area contributed by atoms with Crippen molar-refractivity contribution < 1.29 is 4.74 Å². The topological polar surface area (TPSA) is 9.23 Å². The largest absolute Gasteiger partial charge is 0.378 e. The molecule has 0 amide bonds. The maximum atomic E-state index is 5.44. The Hall–Kier alpha value is -0.0400. The molecule has 0 aliphatic rings. The summed E-state index contributed by atoms with van der Waals surface area (Å²) in [5.41, 5.74) is 0. The Bertz CT molecular complexity index is 101. The quantitative estimate of drug-likeness (QED) is 0.558. The highest BCUT2D eigenvalue weighted by Gasteiger charge is 2.10.